The van der Waals surface area contributed by atoms with Crippen LogP contribution in [0.4, 0.5) is 5.00 Å². The van der Waals surface area contributed by atoms with Crippen molar-refractivity contribution in [3.05, 3.63) is 51.7 Å². The molecule has 162 valence electrons. The molecule has 1 aliphatic carbocycles. The van der Waals surface area contributed by atoms with E-state index in [2.05, 4.69) is 21.6 Å². The molecule has 2 aromatic heterocycles. The average molecular weight is 457 g/mol. The van der Waals surface area contributed by atoms with E-state index in [-0.39, 0.29) is 11.7 Å². The lowest BCUT2D eigenvalue weighted by Gasteiger charge is -2.12. The van der Waals surface area contributed by atoms with E-state index in [1.807, 2.05) is 36.6 Å². The van der Waals surface area contributed by atoms with E-state index >= 15 is 0 Å². The second-order valence-electron chi connectivity index (χ2n) is 7.45. The number of fused-ring (bicyclic) bond motifs is 1. The summed E-state index contributed by atoms with van der Waals surface area (Å²) in [6.45, 7) is 3.92. The van der Waals surface area contributed by atoms with Crippen LogP contribution in [0.5, 0.6) is 0 Å². The molecule has 4 rings (SSSR count). The highest BCUT2D eigenvalue weighted by Gasteiger charge is 2.27. The number of carbonyl (C=O) groups excluding carboxylic acids is 2. The van der Waals surface area contributed by atoms with Gasteiger partial charge in [-0.1, -0.05) is 23.9 Å². The molecule has 1 aromatic carbocycles. The Bertz CT molecular complexity index is 1140. The number of carbonyl (C=O) groups is 2. The van der Waals surface area contributed by atoms with Crippen molar-refractivity contribution in [2.75, 3.05) is 18.2 Å². The lowest BCUT2D eigenvalue weighted by Crippen LogP contribution is -2.17. The number of thiophene rings is 1. The fourth-order valence-electron chi connectivity index (χ4n) is 3.77. The monoisotopic (exact) mass is 456 g/mol. The van der Waals surface area contributed by atoms with Crippen LogP contribution in [0.1, 0.15) is 45.0 Å². The fraction of sp³-hybridized carbons (Fsp3) is 0.364. The summed E-state index contributed by atoms with van der Waals surface area (Å²) in [5.74, 6) is 0.336. The molecule has 1 N–H and O–H groups in total. The minimum absolute atomic E-state index is 0.160. The Hall–Kier alpha value is -2.65. The molecule has 0 bridgehead atoms. The highest BCUT2D eigenvalue weighted by atomic mass is 32.2. The Morgan fingerprint density at radius 3 is 2.81 bits per heavy atom. The molecule has 0 aliphatic heterocycles. The number of thioether (sulfide) groups is 1. The summed E-state index contributed by atoms with van der Waals surface area (Å²) in [7, 11) is 1.37. The normalized spacial score (nSPS) is 13.0. The zero-order valence-electron chi connectivity index (χ0n) is 17.7. The summed E-state index contributed by atoms with van der Waals surface area (Å²) < 4.78 is 6.92. The van der Waals surface area contributed by atoms with Crippen LogP contribution in [0.15, 0.2) is 29.4 Å². The van der Waals surface area contributed by atoms with Gasteiger partial charge in [0.1, 0.15) is 10.8 Å². The highest BCUT2D eigenvalue weighted by Crippen LogP contribution is 2.38. The number of anilines is 1. The fourth-order valence-corrected chi connectivity index (χ4v) is 5.86. The number of aromatic nitrogens is 3. The zero-order chi connectivity index (χ0) is 22.0. The summed E-state index contributed by atoms with van der Waals surface area (Å²) in [6.07, 6.45) is 3.93. The van der Waals surface area contributed by atoms with Crippen molar-refractivity contribution in [2.24, 2.45) is 0 Å². The maximum atomic E-state index is 12.7. The number of hydrogen-bond acceptors (Lipinski definition) is 7. The van der Waals surface area contributed by atoms with Crippen molar-refractivity contribution in [3.63, 3.8) is 0 Å². The van der Waals surface area contributed by atoms with Crippen LogP contribution in [0, 0.1) is 13.8 Å². The van der Waals surface area contributed by atoms with Crippen LogP contribution in [0.25, 0.3) is 5.69 Å². The summed E-state index contributed by atoms with van der Waals surface area (Å²) in [5.41, 5.74) is 3.64. The molecule has 0 radical (unpaired) electrons. The van der Waals surface area contributed by atoms with E-state index in [1.54, 1.807) is 0 Å². The summed E-state index contributed by atoms with van der Waals surface area (Å²) >= 11 is 2.80. The minimum atomic E-state index is -0.392. The molecule has 1 amide bonds. The van der Waals surface area contributed by atoms with Gasteiger partial charge in [-0.3, -0.25) is 9.36 Å². The van der Waals surface area contributed by atoms with E-state index in [4.69, 9.17) is 4.74 Å². The number of aryl methyl sites for hydroxylation is 3. The van der Waals surface area contributed by atoms with Gasteiger partial charge in [-0.05, 0) is 62.8 Å². The predicted octanol–water partition coefficient (Wildman–Crippen LogP) is 4.34. The molecule has 0 spiro atoms. The number of nitrogens with one attached hydrogen (secondary N) is 1. The molecule has 0 fully saturated rings. The number of amides is 1. The van der Waals surface area contributed by atoms with Crippen molar-refractivity contribution >= 4 is 40.0 Å². The second-order valence-corrected chi connectivity index (χ2v) is 9.50. The molecule has 2 heterocycles. The van der Waals surface area contributed by atoms with Gasteiger partial charge in [0.25, 0.3) is 0 Å². The molecule has 7 nitrogen and oxygen atoms in total. The lowest BCUT2D eigenvalue weighted by atomic mass is 9.95. The Morgan fingerprint density at radius 2 is 2.03 bits per heavy atom. The maximum Gasteiger partial charge on any atom is 0.341 e. The third kappa shape index (κ3) is 4.52. The maximum absolute atomic E-state index is 12.7. The molecular weight excluding hydrogens is 432 g/mol. The predicted molar refractivity (Wildman–Crippen MR) is 122 cm³/mol. The first kappa shape index (κ1) is 21.6. The quantitative estimate of drug-likeness (QED) is 0.439. The van der Waals surface area contributed by atoms with Crippen molar-refractivity contribution in [1.29, 1.82) is 0 Å². The van der Waals surface area contributed by atoms with Crippen molar-refractivity contribution < 1.29 is 14.3 Å². The number of hydrogen-bond donors (Lipinski definition) is 1. The molecule has 0 atom stereocenters. The van der Waals surface area contributed by atoms with Crippen LogP contribution in [-0.2, 0) is 22.4 Å². The highest BCUT2D eigenvalue weighted by molar-refractivity contribution is 7.99. The van der Waals surface area contributed by atoms with E-state index in [0.717, 1.165) is 48.3 Å². The van der Waals surface area contributed by atoms with Crippen LogP contribution < -0.4 is 5.32 Å². The number of nitrogens with zero attached hydrogens (tertiary/aromatic N) is 3. The van der Waals surface area contributed by atoms with Gasteiger partial charge >= 0.3 is 5.97 Å². The second kappa shape index (κ2) is 9.23. The third-order valence-corrected chi connectivity index (χ3v) is 7.34. The lowest BCUT2D eigenvalue weighted by molar-refractivity contribution is -0.113. The molecule has 9 heteroatoms. The van der Waals surface area contributed by atoms with Gasteiger partial charge < -0.3 is 10.1 Å². The Kier molecular flexibility index (Phi) is 6.43. The van der Waals surface area contributed by atoms with E-state index < -0.39 is 5.97 Å². The molecule has 1 aliphatic rings. The van der Waals surface area contributed by atoms with Crippen LogP contribution in [0.2, 0.25) is 0 Å². The first-order valence-electron chi connectivity index (χ1n) is 10.1. The van der Waals surface area contributed by atoms with Crippen LogP contribution in [-0.4, -0.2) is 39.5 Å². The molecule has 31 heavy (non-hydrogen) atoms. The first-order valence-corrected chi connectivity index (χ1v) is 11.9. The Balaban J connectivity index is 1.50. The third-order valence-electron chi connectivity index (χ3n) is 5.20. The van der Waals surface area contributed by atoms with Crippen molar-refractivity contribution in [2.45, 2.75) is 44.7 Å². The van der Waals surface area contributed by atoms with Gasteiger partial charge in [-0.25, -0.2) is 4.79 Å². The van der Waals surface area contributed by atoms with E-state index in [0.29, 0.717) is 15.7 Å². The van der Waals surface area contributed by atoms with Crippen molar-refractivity contribution in [1.82, 2.24) is 14.8 Å². The van der Waals surface area contributed by atoms with Crippen LogP contribution >= 0.6 is 23.1 Å². The number of benzene rings is 1. The average Bonchev–Trinajstić information content (AvgIpc) is 3.31. The van der Waals surface area contributed by atoms with E-state index in [1.165, 1.54) is 35.1 Å². The number of methoxy groups -OCH3 is 1. The topological polar surface area (TPSA) is 86.1 Å². The molecule has 3 aromatic rings. The number of ether oxygens (including phenoxy) is 1. The van der Waals surface area contributed by atoms with Gasteiger partial charge in [0.05, 0.1) is 18.4 Å². The van der Waals surface area contributed by atoms with Gasteiger partial charge in [0.2, 0.25) is 5.91 Å². The minimum Gasteiger partial charge on any atom is -0.465 e. The van der Waals surface area contributed by atoms with Gasteiger partial charge in [-0.2, -0.15) is 0 Å². The van der Waals surface area contributed by atoms with Gasteiger partial charge in [0.15, 0.2) is 5.16 Å². The molecule has 0 saturated carbocycles. The Morgan fingerprint density at radius 1 is 1.23 bits per heavy atom. The Labute approximate surface area is 189 Å². The molecule has 0 saturated heterocycles. The smallest absolute Gasteiger partial charge is 0.341 e. The number of esters is 1. The first-order chi connectivity index (χ1) is 15.0. The van der Waals surface area contributed by atoms with E-state index in [9.17, 15) is 9.59 Å². The summed E-state index contributed by atoms with van der Waals surface area (Å²) in [4.78, 5) is 26.3. The van der Waals surface area contributed by atoms with Gasteiger partial charge in [0, 0.05) is 10.6 Å². The summed E-state index contributed by atoms with van der Waals surface area (Å²) in [5, 5.41) is 12.6. The molecule has 0 unspecified atom stereocenters. The SMILES string of the molecule is COC(=O)c1c(NC(=O)CSc2nnc(C)n2-c2cccc(C)c2)sc2c1CCCC2. The summed E-state index contributed by atoms with van der Waals surface area (Å²) in [6, 6.07) is 8.06. The number of rotatable bonds is 6. The van der Waals surface area contributed by atoms with Crippen LogP contribution in [0.3, 0.4) is 0 Å². The van der Waals surface area contributed by atoms with Crippen molar-refractivity contribution in [3.8, 4) is 5.69 Å². The molecular formula is C22H24N4O3S2. The zero-order valence-corrected chi connectivity index (χ0v) is 19.4. The standard InChI is InChI=1S/C22H24N4O3S2/c1-13-7-6-8-15(11-13)26-14(2)24-25-22(26)30-12-18(27)23-20-19(21(28)29-3)16-9-4-5-10-17(16)31-20/h6-8,11H,4-5,9-10,12H2,1-3H3,(H,23,27). The van der Waals surface area contributed by atoms with Gasteiger partial charge in [-0.15, -0.1) is 21.5 Å². The largest absolute Gasteiger partial charge is 0.465 e.